The van der Waals surface area contributed by atoms with Crippen LogP contribution in [0.5, 0.6) is 0 Å². The molecule has 0 aromatic heterocycles. The van der Waals surface area contributed by atoms with Gasteiger partial charge in [-0.25, -0.2) is 0 Å². The second kappa shape index (κ2) is 5.17. The predicted molar refractivity (Wildman–Crippen MR) is 84.2 cm³/mol. The molecule has 2 aromatic rings. The predicted octanol–water partition coefficient (Wildman–Crippen LogP) is 3.21. The van der Waals surface area contributed by atoms with Gasteiger partial charge in [0.25, 0.3) is 5.91 Å². The summed E-state index contributed by atoms with van der Waals surface area (Å²) in [5, 5.41) is 0. The Labute approximate surface area is 124 Å². The molecule has 3 rings (SSSR count). The summed E-state index contributed by atoms with van der Waals surface area (Å²) >= 11 is 0. The van der Waals surface area contributed by atoms with Crippen LogP contribution in [0.25, 0.3) is 0 Å². The fraction of sp³-hybridized carbons (Fsp3) is 0.222. The van der Waals surface area contributed by atoms with Crippen LogP contribution >= 0.6 is 0 Å². The monoisotopic (exact) mass is 278 g/mol. The first-order valence-corrected chi connectivity index (χ1v) is 7.19. The molecule has 3 heteroatoms. The summed E-state index contributed by atoms with van der Waals surface area (Å²) in [7, 11) is 0. The number of amides is 1. The Bertz CT molecular complexity index is 637. The number of likely N-dealkylation sites (N-methyl/N-ethyl adjacent to an activating group) is 1. The molecule has 0 unspecified atom stereocenters. The van der Waals surface area contributed by atoms with E-state index in [0.29, 0.717) is 0 Å². The number of hydrogen-bond acceptors (Lipinski definition) is 2. The van der Waals surface area contributed by atoms with Crippen LogP contribution < -0.4 is 0 Å². The molecule has 0 N–H and O–H groups in total. The molecule has 0 atom stereocenters. The summed E-state index contributed by atoms with van der Waals surface area (Å²) in [4.78, 5) is 19.2. The third-order valence-corrected chi connectivity index (χ3v) is 4.07. The van der Waals surface area contributed by atoms with Gasteiger partial charge in [0.2, 0.25) is 0 Å². The Morgan fingerprint density at radius 2 is 1.43 bits per heavy atom. The first-order valence-electron chi connectivity index (χ1n) is 7.19. The summed E-state index contributed by atoms with van der Waals surface area (Å²) < 4.78 is 0. The highest BCUT2D eigenvalue weighted by molar-refractivity contribution is 6.08. The van der Waals surface area contributed by atoms with E-state index in [2.05, 4.69) is 16.8 Å². The first kappa shape index (κ1) is 13.6. The van der Waals surface area contributed by atoms with Crippen molar-refractivity contribution in [2.75, 3.05) is 6.54 Å². The van der Waals surface area contributed by atoms with Gasteiger partial charge in [0.15, 0.2) is 5.54 Å². The zero-order valence-electron chi connectivity index (χ0n) is 12.3. The molecule has 0 saturated heterocycles. The molecule has 3 nitrogen and oxygen atoms in total. The third kappa shape index (κ3) is 1.88. The summed E-state index contributed by atoms with van der Waals surface area (Å²) in [6.45, 7) is 4.68. The van der Waals surface area contributed by atoms with Crippen LogP contribution in [0.3, 0.4) is 0 Å². The van der Waals surface area contributed by atoms with Crippen molar-refractivity contribution in [1.82, 2.24) is 4.90 Å². The van der Waals surface area contributed by atoms with Crippen LogP contribution in [0.2, 0.25) is 0 Å². The van der Waals surface area contributed by atoms with Crippen molar-refractivity contribution < 1.29 is 4.79 Å². The number of carbonyl (C=O) groups excluding carboxylic acids is 1. The fourth-order valence-corrected chi connectivity index (χ4v) is 3.20. The molecule has 0 aliphatic carbocycles. The van der Waals surface area contributed by atoms with E-state index in [1.54, 1.807) is 0 Å². The van der Waals surface area contributed by atoms with E-state index >= 15 is 0 Å². The largest absolute Gasteiger partial charge is 0.338 e. The van der Waals surface area contributed by atoms with Crippen molar-refractivity contribution in [2.45, 2.75) is 19.4 Å². The van der Waals surface area contributed by atoms with Crippen LogP contribution in [0, 0.1) is 0 Å². The number of amidine groups is 1. The lowest BCUT2D eigenvalue weighted by Crippen LogP contribution is -2.49. The van der Waals surface area contributed by atoms with E-state index in [1.807, 2.05) is 67.6 Å². The Kier molecular flexibility index (Phi) is 3.34. The number of rotatable bonds is 3. The second-order valence-corrected chi connectivity index (χ2v) is 5.15. The van der Waals surface area contributed by atoms with Crippen molar-refractivity contribution in [2.24, 2.45) is 4.99 Å². The molecule has 21 heavy (non-hydrogen) atoms. The number of aliphatic imine (C=N–C) groups is 1. The summed E-state index contributed by atoms with van der Waals surface area (Å²) in [5.41, 5.74) is 1.09. The Morgan fingerprint density at radius 1 is 0.952 bits per heavy atom. The van der Waals surface area contributed by atoms with Crippen molar-refractivity contribution in [3.05, 3.63) is 71.8 Å². The van der Waals surface area contributed by atoms with Crippen LogP contribution in [-0.2, 0) is 10.3 Å². The zero-order chi connectivity index (χ0) is 14.9. The van der Waals surface area contributed by atoms with Gasteiger partial charge < -0.3 is 4.90 Å². The number of nitrogens with zero attached hydrogens (tertiary/aromatic N) is 2. The maximum absolute atomic E-state index is 12.8. The first-order chi connectivity index (χ1) is 10.2. The minimum absolute atomic E-state index is 0.112. The molecule has 0 radical (unpaired) electrons. The van der Waals surface area contributed by atoms with Gasteiger partial charge in [-0.05, 0) is 25.0 Å². The molecule has 2 aromatic carbocycles. The minimum Gasteiger partial charge on any atom is -0.338 e. The van der Waals surface area contributed by atoms with Crippen LogP contribution in [-0.4, -0.2) is 23.2 Å². The van der Waals surface area contributed by atoms with Gasteiger partial charge in [0.1, 0.15) is 5.84 Å². The van der Waals surface area contributed by atoms with Crippen molar-refractivity contribution in [3.63, 3.8) is 0 Å². The molecular weight excluding hydrogens is 260 g/mol. The molecule has 0 fully saturated rings. The van der Waals surface area contributed by atoms with Crippen molar-refractivity contribution in [3.8, 4) is 0 Å². The number of hydrogen-bond donors (Lipinski definition) is 0. The van der Waals surface area contributed by atoms with E-state index in [-0.39, 0.29) is 5.91 Å². The molecule has 0 saturated carbocycles. The van der Waals surface area contributed by atoms with E-state index in [0.717, 1.165) is 23.5 Å². The smallest absolute Gasteiger partial charge is 0.282 e. The van der Waals surface area contributed by atoms with E-state index < -0.39 is 5.54 Å². The maximum Gasteiger partial charge on any atom is 0.282 e. The minimum atomic E-state index is -0.832. The Balaban J connectivity index is 2.29. The Morgan fingerprint density at radius 3 is 1.86 bits per heavy atom. The summed E-state index contributed by atoms with van der Waals surface area (Å²) in [6, 6.07) is 19.8. The van der Waals surface area contributed by atoms with Gasteiger partial charge in [0.05, 0.1) is 0 Å². The topological polar surface area (TPSA) is 32.7 Å². The van der Waals surface area contributed by atoms with Crippen molar-refractivity contribution in [1.29, 1.82) is 0 Å². The van der Waals surface area contributed by atoms with E-state index in [9.17, 15) is 4.79 Å². The highest BCUT2D eigenvalue weighted by Gasteiger charge is 2.51. The van der Waals surface area contributed by atoms with Gasteiger partial charge in [-0.15, -0.1) is 0 Å². The Hall–Kier alpha value is -2.42. The fourth-order valence-electron chi connectivity index (χ4n) is 3.20. The van der Waals surface area contributed by atoms with Gasteiger partial charge in [-0.1, -0.05) is 60.7 Å². The van der Waals surface area contributed by atoms with Gasteiger partial charge in [-0.2, -0.15) is 4.99 Å². The molecule has 1 aliphatic rings. The lowest BCUT2D eigenvalue weighted by Gasteiger charge is -2.38. The van der Waals surface area contributed by atoms with Crippen molar-refractivity contribution >= 4 is 11.7 Å². The van der Waals surface area contributed by atoms with Crippen LogP contribution in [0.15, 0.2) is 65.7 Å². The van der Waals surface area contributed by atoms with E-state index in [4.69, 9.17) is 0 Å². The van der Waals surface area contributed by atoms with Gasteiger partial charge in [0, 0.05) is 6.54 Å². The van der Waals surface area contributed by atoms with E-state index in [1.165, 1.54) is 0 Å². The molecule has 0 bridgehead atoms. The molecular formula is C18H18N2O. The van der Waals surface area contributed by atoms with Crippen LogP contribution in [0.4, 0.5) is 0 Å². The summed E-state index contributed by atoms with van der Waals surface area (Å²) in [6.07, 6.45) is 0. The average molecular weight is 278 g/mol. The van der Waals surface area contributed by atoms with Gasteiger partial charge in [-0.3, -0.25) is 4.79 Å². The highest BCUT2D eigenvalue weighted by Crippen LogP contribution is 2.40. The lowest BCUT2D eigenvalue weighted by molar-refractivity contribution is -0.124. The number of benzene rings is 2. The lowest BCUT2D eigenvalue weighted by atomic mass is 9.81. The average Bonchev–Trinajstić information content (AvgIpc) is 2.79. The zero-order valence-corrected chi connectivity index (χ0v) is 12.3. The maximum atomic E-state index is 12.8. The normalized spacial score (nSPS) is 17.0. The standard InChI is InChI=1S/C18H18N2O/c1-3-20-14(2)19-17(21)18(20,15-10-6-4-7-11-15)16-12-8-5-9-13-16/h4-13H,3H2,1-2H3. The third-order valence-electron chi connectivity index (χ3n) is 4.07. The molecule has 106 valence electrons. The molecule has 1 amide bonds. The van der Waals surface area contributed by atoms with Crippen LogP contribution in [0.1, 0.15) is 25.0 Å². The molecule has 1 heterocycles. The number of carbonyl (C=O) groups is 1. The SMILES string of the molecule is CCN1C(C)=NC(=O)C1(c1ccccc1)c1ccccc1. The highest BCUT2D eigenvalue weighted by atomic mass is 16.2. The quantitative estimate of drug-likeness (QED) is 0.863. The molecule has 1 aliphatic heterocycles. The molecule has 0 spiro atoms. The summed E-state index contributed by atoms with van der Waals surface area (Å²) in [5.74, 6) is 0.662. The second-order valence-electron chi connectivity index (χ2n) is 5.15. The van der Waals surface area contributed by atoms with Gasteiger partial charge >= 0.3 is 0 Å².